The summed E-state index contributed by atoms with van der Waals surface area (Å²) in [6, 6.07) is 10.2. The van der Waals surface area contributed by atoms with Crippen molar-refractivity contribution in [3.05, 3.63) is 42.5 Å². The summed E-state index contributed by atoms with van der Waals surface area (Å²) < 4.78 is 0. The minimum Gasteiger partial charge on any atom is -0.278 e. The molecule has 0 aromatic heterocycles. The number of allylic oxidation sites excluding steroid dienone is 2. The Morgan fingerprint density at radius 3 is 2.63 bits per heavy atom. The van der Waals surface area contributed by atoms with Gasteiger partial charge in [0.1, 0.15) is 0 Å². The van der Waals surface area contributed by atoms with Crippen molar-refractivity contribution >= 4 is 11.4 Å². The predicted molar refractivity (Wildman–Crippen MR) is 81.3 cm³/mol. The summed E-state index contributed by atoms with van der Waals surface area (Å²) in [5, 5.41) is 4.68. The van der Waals surface area contributed by atoms with Gasteiger partial charge in [-0.05, 0) is 42.4 Å². The molecule has 100 valence electrons. The molecule has 2 aliphatic rings. The lowest BCUT2D eigenvalue weighted by molar-refractivity contribution is 0.174. The highest BCUT2D eigenvalue weighted by atomic mass is 15.3. The highest BCUT2D eigenvalue weighted by Gasteiger charge is 2.54. The van der Waals surface area contributed by atoms with Crippen molar-refractivity contribution in [2.75, 3.05) is 5.43 Å². The van der Waals surface area contributed by atoms with E-state index in [0.717, 1.165) is 5.69 Å². The predicted octanol–water partition coefficient (Wildman–Crippen LogP) is 4.47. The molecule has 2 heteroatoms. The molecule has 2 bridgehead atoms. The molecule has 3 rings (SSSR count). The lowest BCUT2D eigenvalue weighted by Gasteiger charge is -2.43. The number of nitrogens with zero attached hydrogens (tertiary/aromatic N) is 1. The van der Waals surface area contributed by atoms with Gasteiger partial charge in [-0.15, -0.1) is 0 Å². The number of para-hydroxylation sites is 1. The normalized spacial score (nSPS) is 33.6. The van der Waals surface area contributed by atoms with Crippen LogP contribution in [0.15, 0.2) is 47.6 Å². The number of hydrogen-bond donors (Lipinski definition) is 1. The van der Waals surface area contributed by atoms with Crippen LogP contribution in [-0.2, 0) is 0 Å². The van der Waals surface area contributed by atoms with Gasteiger partial charge < -0.3 is 0 Å². The molecule has 2 nitrogen and oxygen atoms in total. The average molecular weight is 254 g/mol. The average Bonchev–Trinajstić information content (AvgIpc) is 2.55. The van der Waals surface area contributed by atoms with Gasteiger partial charge in [0.2, 0.25) is 0 Å². The van der Waals surface area contributed by atoms with E-state index in [4.69, 9.17) is 0 Å². The Morgan fingerprint density at radius 2 is 1.89 bits per heavy atom. The van der Waals surface area contributed by atoms with Gasteiger partial charge in [-0.1, -0.05) is 45.0 Å². The third-order valence-electron chi connectivity index (χ3n) is 5.44. The molecule has 1 N–H and O–H groups in total. The van der Waals surface area contributed by atoms with Gasteiger partial charge >= 0.3 is 0 Å². The van der Waals surface area contributed by atoms with E-state index in [1.54, 1.807) is 0 Å². The molecule has 1 fully saturated rings. The first-order valence-electron chi connectivity index (χ1n) is 7.11. The largest absolute Gasteiger partial charge is 0.278 e. The van der Waals surface area contributed by atoms with Crippen molar-refractivity contribution in [2.45, 2.75) is 33.6 Å². The third-order valence-corrected chi connectivity index (χ3v) is 5.44. The standard InChI is InChI=1S/C17H22N2/c1-16(2)13-9-10-15(17(16,3)12-11-13)19-18-14-7-5-4-6-8-14/h4-10,13,18H,11-12H2,1-3H3/t13-,17-/m1/s1. The van der Waals surface area contributed by atoms with Gasteiger partial charge in [-0.25, -0.2) is 0 Å². The van der Waals surface area contributed by atoms with Crippen molar-refractivity contribution in [1.82, 2.24) is 0 Å². The van der Waals surface area contributed by atoms with Gasteiger partial charge in [0, 0.05) is 5.41 Å². The fourth-order valence-corrected chi connectivity index (χ4v) is 3.52. The zero-order valence-electron chi connectivity index (χ0n) is 12.0. The summed E-state index contributed by atoms with van der Waals surface area (Å²) in [6.45, 7) is 7.13. The Labute approximate surface area is 115 Å². The summed E-state index contributed by atoms with van der Waals surface area (Å²) in [5.41, 5.74) is 5.93. The van der Waals surface area contributed by atoms with Crippen LogP contribution in [0.3, 0.4) is 0 Å². The van der Waals surface area contributed by atoms with Crippen LogP contribution < -0.4 is 5.43 Å². The van der Waals surface area contributed by atoms with Crippen LogP contribution >= 0.6 is 0 Å². The van der Waals surface area contributed by atoms with Crippen LogP contribution in [0.4, 0.5) is 5.69 Å². The van der Waals surface area contributed by atoms with Crippen LogP contribution in [0, 0.1) is 16.7 Å². The van der Waals surface area contributed by atoms with Crippen LogP contribution in [0.5, 0.6) is 0 Å². The maximum absolute atomic E-state index is 4.68. The minimum absolute atomic E-state index is 0.189. The highest BCUT2D eigenvalue weighted by Crippen LogP contribution is 2.59. The number of hydrogen-bond acceptors (Lipinski definition) is 2. The molecule has 0 heterocycles. The van der Waals surface area contributed by atoms with Crippen LogP contribution in [0.1, 0.15) is 33.6 Å². The van der Waals surface area contributed by atoms with Crippen LogP contribution in [-0.4, -0.2) is 5.71 Å². The number of benzene rings is 1. The van der Waals surface area contributed by atoms with Crippen molar-refractivity contribution in [3.63, 3.8) is 0 Å². The first-order chi connectivity index (χ1) is 9.04. The fraction of sp³-hybridized carbons (Fsp3) is 0.471. The van der Waals surface area contributed by atoms with E-state index in [-0.39, 0.29) is 5.41 Å². The lowest BCUT2D eigenvalue weighted by atomic mass is 9.61. The van der Waals surface area contributed by atoms with E-state index >= 15 is 0 Å². The van der Waals surface area contributed by atoms with E-state index in [2.05, 4.69) is 43.5 Å². The van der Waals surface area contributed by atoms with Crippen molar-refractivity contribution in [3.8, 4) is 0 Å². The van der Waals surface area contributed by atoms with E-state index in [1.165, 1.54) is 18.6 Å². The molecule has 0 amide bonds. The maximum Gasteiger partial charge on any atom is 0.0668 e. The molecule has 1 aromatic carbocycles. The second-order valence-corrected chi connectivity index (χ2v) is 6.53. The quantitative estimate of drug-likeness (QED) is 0.774. The number of anilines is 1. The maximum atomic E-state index is 4.68. The van der Waals surface area contributed by atoms with E-state index in [1.807, 2.05) is 30.3 Å². The van der Waals surface area contributed by atoms with Gasteiger partial charge in [-0.2, -0.15) is 5.10 Å². The highest BCUT2D eigenvalue weighted by molar-refractivity contribution is 6.01. The number of fused-ring (bicyclic) bond motifs is 2. The Bertz CT molecular complexity index is 527. The number of nitrogens with one attached hydrogen (secondary N) is 1. The van der Waals surface area contributed by atoms with E-state index in [0.29, 0.717) is 11.3 Å². The molecule has 0 aliphatic heterocycles. The Hall–Kier alpha value is -1.57. The SMILES string of the molecule is CC1(C)[C@@H]2C=CC(=NNc3ccccc3)[C@@]1(C)CC2. The molecule has 0 unspecified atom stereocenters. The van der Waals surface area contributed by atoms with E-state index in [9.17, 15) is 0 Å². The Kier molecular flexibility index (Phi) is 2.77. The zero-order chi connectivity index (χ0) is 13.5. The molecule has 2 aliphatic carbocycles. The van der Waals surface area contributed by atoms with Crippen molar-refractivity contribution < 1.29 is 0 Å². The summed E-state index contributed by atoms with van der Waals surface area (Å²) in [4.78, 5) is 0. The molecule has 0 radical (unpaired) electrons. The minimum atomic E-state index is 0.189. The van der Waals surface area contributed by atoms with Crippen LogP contribution in [0.25, 0.3) is 0 Å². The number of hydrazone groups is 1. The van der Waals surface area contributed by atoms with Gasteiger partial charge in [-0.3, -0.25) is 5.43 Å². The van der Waals surface area contributed by atoms with Crippen LogP contribution in [0.2, 0.25) is 0 Å². The smallest absolute Gasteiger partial charge is 0.0668 e. The summed E-state index contributed by atoms with van der Waals surface area (Å²) in [6.07, 6.45) is 7.08. The van der Waals surface area contributed by atoms with E-state index < -0.39 is 0 Å². The molecule has 1 aromatic rings. The topological polar surface area (TPSA) is 24.4 Å². The summed E-state index contributed by atoms with van der Waals surface area (Å²) in [7, 11) is 0. The first-order valence-corrected chi connectivity index (χ1v) is 7.11. The molecule has 0 spiro atoms. The second-order valence-electron chi connectivity index (χ2n) is 6.53. The van der Waals surface area contributed by atoms with Crippen molar-refractivity contribution in [2.24, 2.45) is 21.8 Å². The van der Waals surface area contributed by atoms with Gasteiger partial charge in [0.15, 0.2) is 0 Å². The third kappa shape index (κ3) is 1.81. The summed E-state index contributed by atoms with van der Waals surface area (Å²) in [5.74, 6) is 0.702. The van der Waals surface area contributed by atoms with Crippen molar-refractivity contribution in [1.29, 1.82) is 0 Å². The molecule has 0 saturated heterocycles. The lowest BCUT2D eigenvalue weighted by Crippen LogP contribution is -2.42. The number of rotatable bonds is 2. The van der Waals surface area contributed by atoms with Gasteiger partial charge in [0.25, 0.3) is 0 Å². The molecule has 1 saturated carbocycles. The molecule has 2 atom stereocenters. The monoisotopic (exact) mass is 254 g/mol. The Morgan fingerprint density at radius 1 is 1.16 bits per heavy atom. The zero-order valence-corrected chi connectivity index (χ0v) is 12.0. The molecular formula is C17H22N2. The first kappa shape index (κ1) is 12.5. The van der Waals surface area contributed by atoms with Gasteiger partial charge in [0.05, 0.1) is 11.4 Å². The Balaban J connectivity index is 1.89. The summed E-state index contributed by atoms with van der Waals surface area (Å²) >= 11 is 0. The molecule has 19 heavy (non-hydrogen) atoms. The second kappa shape index (κ2) is 4.22. The molecular weight excluding hydrogens is 232 g/mol. The fourth-order valence-electron chi connectivity index (χ4n) is 3.52.